The molecule has 2 aliphatic heterocycles. The normalized spacial score (nSPS) is 16.4. The van der Waals surface area contributed by atoms with Crippen molar-refractivity contribution >= 4 is 40.2 Å². The van der Waals surface area contributed by atoms with Crippen molar-refractivity contribution in [2.24, 2.45) is 0 Å². The molecule has 10 nitrogen and oxygen atoms in total. The second-order valence-corrected chi connectivity index (χ2v) is 10.0. The molecule has 0 aliphatic carbocycles. The van der Waals surface area contributed by atoms with Gasteiger partial charge in [0.25, 0.3) is 5.56 Å². The summed E-state index contributed by atoms with van der Waals surface area (Å²) in [6, 6.07) is 2.85. The summed E-state index contributed by atoms with van der Waals surface area (Å²) < 4.78 is 47.7. The highest BCUT2D eigenvalue weighted by Crippen LogP contribution is 2.35. The number of carbonyl (C=O) groups is 1. The van der Waals surface area contributed by atoms with Gasteiger partial charge in [-0.05, 0) is 36.6 Å². The van der Waals surface area contributed by atoms with E-state index in [0.717, 1.165) is 17.7 Å². The van der Waals surface area contributed by atoms with Gasteiger partial charge in [0.1, 0.15) is 12.2 Å². The summed E-state index contributed by atoms with van der Waals surface area (Å²) in [6.07, 6.45) is -1.67. The maximum Gasteiger partial charge on any atom is 0.416 e. The van der Waals surface area contributed by atoms with Gasteiger partial charge in [-0.1, -0.05) is 24.6 Å². The topological polar surface area (TPSA) is 97.0 Å². The molecule has 214 valence electrons. The van der Waals surface area contributed by atoms with Crippen molar-refractivity contribution in [3.8, 4) is 0 Å². The molecule has 3 aromatic rings. The first-order valence-electron chi connectivity index (χ1n) is 13.0. The number of fused-ring (bicyclic) bond motifs is 1. The van der Waals surface area contributed by atoms with Crippen LogP contribution in [0.1, 0.15) is 30.4 Å². The predicted octanol–water partition coefficient (Wildman–Crippen LogP) is 3.00. The van der Waals surface area contributed by atoms with E-state index in [0.29, 0.717) is 69.4 Å². The number of benzene rings is 1. The van der Waals surface area contributed by atoms with Gasteiger partial charge in [-0.25, -0.2) is 0 Å². The van der Waals surface area contributed by atoms with Gasteiger partial charge in [-0.15, -0.1) is 5.10 Å². The van der Waals surface area contributed by atoms with Crippen molar-refractivity contribution in [2.75, 3.05) is 56.2 Å². The van der Waals surface area contributed by atoms with Crippen LogP contribution in [0, 0.1) is 0 Å². The van der Waals surface area contributed by atoms with Gasteiger partial charge < -0.3 is 24.4 Å². The number of rotatable bonds is 6. The Morgan fingerprint density at radius 3 is 2.62 bits per heavy atom. The summed E-state index contributed by atoms with van der Waals surface area (Å²) >= 11 is 6.17. The van der Waals surface area contributed by atoms with Crippen molar-refractivity contribution < 1.29 is 22.7 Å². The zero-order valence-electron chi connectivity index (χ0n) is 22.1. The number of aromatic nitrogens is 4. The van der Waals surface area contributed by atoms with Crippen LogP contribution in [0.4, 0.5) is 24.5 Å². The van der Waals surface area contributed by atoms with Gasteiger partial charge in [-0.3, -0.25) is 9.59 Å². The third-order valence-electron chi connectivity index (χ3n) is 7.15. The Labute approximate surface area is 233 Å². The lowest BCUT2D eigenvalue weighted by Crippen LogP contribution is -2.47. The van der Waals surface area contributed by atoms with Crippen molar-refractivity contribution in [1.29, 1.82) is 0 Å². The molecule has 0 bridgehead atoms. The number of hydrogen-bond donors (Lipinski definition) is 1. The minimum Gasteiger partial charge on any atom is -0.377 e. The standard InChI is InChI=1S/C26H29ClF3N7O3/c1-3-19-22(35-10-8-31-9-11-35)24(39)37-25(32-23(33-37)16-6-12-40-13-7-16)36(19)15-21(38)34(2)20-5-4-17(14-18(20)27)26(28,29)30/h4-6,14,31H,3,7-13,15H2,1-2H3. The number of carbonyl (C=O) groups excluding carboxylic acids is 1. The van der Waals surface area contributed by atoms with Crippen LogP contribution in [-0.2, 0) is 28.7 Å². The van der Waals surface area contributed by atoms with Crippen LogP contribution in [0.5, 0.6) is 0 Å². The van der Waals surface area contributed by atoms with Gasteiger partial charge in [0.05, 0.1) is 35.2 Å². The van der Waals surface area contributed by atoms with Crippen LogP contribution in [0.15, 0.2) is 29.1 Å². The Morgan fingerprint density at radius 2 is 2.00 bits per heavy atom. The number of ether oxygens (including phenoxy) is 1. The summed E-state index contributed by atoms with van der Waals surface area (Å²) in [5.41, 5.74) is 0.838. The maximum atomic E-state index is 13.8. The van der Waals surface area contributed by atoms with E-state index in [1.807, 2.05) is 17.9 Å². The molecular formula is C26H29ClF3N7O3. The average Bonchev–Trinajstić information content (AvgIpc) is 3.40. The number of nitrogens with one attached hydrogen (secondary N) is 1. The molecule has 5 rings (SSSR count). The van der Waals surface area contributed by atoms with E-state index in [1.165, 1.54) is 22.5 Å². The number of piperazine rings is 1. The molecule has 1 aromatic carbocycles. The van der Waals surface area contributed by atoms with Crippen LogP contribution in [0.2, 0.25) is 5.02 Å². The number of anilines is 2. The lowest BCUT2D eigenvalue weighted by Gasteiger charge is -2.31. The zero-order valence-corrected chi connectivity index (χ0v) is 22.8. The van der Waals surface area contributed by atoms with Crippen LogP contribution in [0.25, 0.3) is 11.4 Å². The molecule has 0 spiro atoms. The van der Waals surface area contributed by atoms with Gasteiger partial charge in [0, 0.05) is 33.2 Å². The molecule has 14 heteroatoms. The summed E-state index contributed by atoms with van der Waals surface area (Å²) in [7, 11) is 1.45. The van der Waals surface area contributed by atoms with E-state index >= 15 is 0 Å². The second kappa shape index (κ2) is 11.2. The van der Waals surface area contributed by atoms with Crippen LogP contribution in [-0.4, -0.2) is 71.5 Å². The molecule has 2 aromatic heterocycles. The van der Waals surface area contributed by atoms with Crippen molar-refractivity contribution in [3.63, 3.8) is 0 Å². The molecule has 4 heterocycles. The van der Waals surface area contributed by atoms with E-state index in [1.54, 1.807) is 4.57 Å². The first-order valence-corrected chi connectivity index (χ1v) is 13.4. The molecule has 2 aliphatic rings. The third kappa shape index (κ3) is 5.32. The number of nitrogens with zero attached hydrogens (tertiary/aromatic N) is 6. The van der Waals surface area contributed by atoms with Gasteiger partial charge in [0.15, 0.2) is 5.82 Å². The smallest absolute Gasteiger partial charge is 0.377 e. The molecule has 0 saturated carbocycles. The number of amides is 1. The molecular weight excluding hydrogens is 551 g/mol. The predicted molar refractivity (Wildman–Crippen MR) is 145 cm³/mol. The number of hydrogen-bond acceptors (Lipinski definition) is 7. The first kappa shape index (κ1) is 28.1. The summed E-state index contributed by atoms with van der Waals surface area (Å²) in [5.74, 6) is 0.145. The largest absolute Gasteiger partial charge is 0.416 e. The molecule has 0 atom stereocenters. The minimum atomic E-state index is -4.56. The lowest BCUT2D eigenvalue weighted by atomic mass is 10.1. The van der Waals surface area contributed by atoms with Crippen LogP contribution < -0.4 is 20.7 Å². The molecule has 0 radical (unpaired) electrons. The highest BCUT2D eigenvalue weighted by atomic mass is 35.5. The maximum absolute atomic E-state index is 13.8. The van der Waals surface area contributed by atoms with Crippen molar-refractivity contribution in [3.05, 3.63) is 56.7 Å². The van der Waals surface area contributed by atoms with Crippen molar-refractivity contribution in [1.82, 2.24) is 24.5 Å². The quantitative estimate of drug-likeness (QED) is 0.480. The Bertz CT molecular complexity index is 1530. The van der Waals surface area contributed by atoms with E-state index < -0.39 is 17.6 Å². The number of alkyl halides is 3. The van der Waals surface area contributed by atoms with E-state index in [9.17, 15) is 22.8 Å². The van der Waals surface area contributed by atoms with E-state index in [2.05, 4.69) is 15.4 Å². The Hall–Kier alpha value is -3.42. The summed E-state index contributed by atoms with van der Waals surface area (Å²) in [6.45, 7) is 5.19. The fraction of sp³-hybridized carbons (Fsp3) is 0.462. The molecule has 1 saturated heterocycles. The van der Waals surface area contributed by atoms with Crippen LogP contribution >= 0.6 is 11.6 Å². The zero-order chi connectivity index (χ0) is 28.6. The first-order chi connectivity index (χ1) is 19.1. The van der Waals surface area contributed by atoms with Gasteiger partial charge >= 0.3 is 6.18 Å². The van der Waals surface area contributed by atoms with Crippen molar-refractivity contribution in [2.45, 2.75) is 32.5 Å². The fourth-order valence-corrected chi connectivity index (χ4v) is 5.32. The lowest BCUT2D eigenvalue weighted by molar-refractivity contribution is -0.137. The molecule has 40 heavy (non-hydrogen) atoms. The number of likely N-dealkylation sites (N-methyl/N-ethyl adjacent to an activating group) is 1. The molecule has 1 fully saturated rings. The molecule has 0 unspecified atom stereocenters. The van der Waals surface area contributed by atoms with Gasteiger partial charge in [-0.2, -0.15) is 22.7 Å². The van der Waals surface area contributed by atoms with Crippen LogP contribution in [0.3, 0.4) is 0 Å². The summed E-state index contributed by atoms with van der Waals surface area (Å²) in [4.78, 5) is 35.2. The Kier molecular flexibility index (Phi) is 7.89. The molecule has 1 N–H and O–H groups in total. The monoisotopic (exact) mass is 579 g/mol. The van der Waals surface area contributed by atoms with Gasteiger partial charge in [0.2, 0.25) is 11.7 Å². The third-order valence-corrected chi connectivity index (χ3v) is 7.45. The minimum absolute atomic E-state index is 0.131. The Morgan fingerprint density at radius 1 is 1.25 bits per heavy atom. The Balaban J connectivity index is 1.60. The SMILES string of the molecule is CCc1c(N2CCNCC2)c(=O)n2nc(C3=CCOCC3)nc2n1CC(=O)N(C)c1ccc(C(F)(F)F)cc1Cl. The average molecular weight is 580 g/mol. The summed E-state index contributed by atoms with van der Waals surface area (Å²) in [5, 5.41) is 7.61. The van der Waals surface area contributed by atoms with E-state index in [4.69, 9.17) is 16.3 Å². The highest BCUT2D eigenvalue weighted by Gasteiger charge is 2.32. The highest BCUT2D eigenvalue weighted by molar-refractivity contribution is 6.33. The number of halogens is 4. The van der Waals surface area contributed by atoms with E-state index in [-0.39, 0.29) is 28.6 Å². The second-order valence-electron chi connectivity index (χ2n) is 9.60. The fourth-order valence-electron chi connectivity index (χ4n) is 5.01. The molecule has 1 amide bonds.